The van der Waals surface area contributed by atoms with E-state index in [-0.39, 0.29) is 26.1 Å². The second-order valence-corrected chi connectivity index (χ2v) is 3.83. The van der Waals surface area contributed by atoms with Crippen LogP contribution in [-0.4, -0.2) is 60.4 Å². The minimum Gasteiger partial charge on any atom is -0.477 e. The number of carboxylic acid groups (broad SMARTS) is 2. The summed E-state index contributed by atoms with van der Waals surface area (Å²) in [6.07, 6.45) is 0.350. The fourth-order valence-corrected chi connectivity index (χ4v) is 0.932. The van der Waals surface area contributed by atoms with Crippen LogP contribution in [0, 0.1) is 0 Å². The molecule has 0 saturated heterocycles. The van der Waals surface area contributed by atoms with Crippen molar-refractivity contribution in [3.63, 3.8) is 0 Å². The zero-order valence-corrected chi connectivity index (χ0v) is 10.3. The number of hydrogen-bond acceptors (Lipinski definition) is 4. The summed E-state index contributed by atoms with van der Waals surface area (Å²) in [6, 6.07) is 0. The molecule has 2 N–H and O–H groups in total. The minimum atomic E-state index is -3.97. The molecule has 10 heteroatoms. The SMILES string of the molecule is O=C(O)C(F)(F)COCCCCOCC(F)(F)C(=O)O. The number of rotatable bonds is 11. The van der Waals surface area contributed by atoms with Gasteiger partial charge >= 0.3 is 23.8 Å². The molecule has 0 bridgehead atoms. The van der Waals surface area contributed by atoms with Crippen molar-refractivity contribution in [2.45, 2.75) is 24.7 Å². The lowest BCUT2D eigenvalue weighted by atomic mass is 10.3. The van der Waals surface area contributed by atoms with E-state index in [0.29, 0.717) is 0 Å². The van der Waals surface area contributed by atoms with Crippen LogP contribution >= 0.6 is 0 Å². The predicted octanol–water partition coefficient (Wildman–Crippen LogP) is 1.24. The second kappa shape index (κ2) is 8.00. The Morgan fingerprint density at radius 2 is 1.10 bits per heavy atom. The average Bonchev–Trinajstić information content (AvgIpc) is 2.31. The Hall–Kier alpha value is -1.42. The van der Waals surface area contributed by atoms with Gasteiger partial charge in [-0.2, -0.15) is 17.6 Å². The zero-order chi connectivity index (χ0) is 15.8. The molecule has 6 nitrogen and oxygen atoms in total. The van der Waals surface area contributed by atoms with Crippen LogP contribution in [0.25, 0.3) is 0 Å². The van der Waals surface area contributed by atoms with Gasteiger partial charge in [0.2, 0.25) is 0 Å². The maximum atomic E-state index is 12.5. The molecule has 0 spiro atoms. The van der Waals surface area contributed by atoms with Crippen molar-refractivity contribution in [3.8, 4) is 0 Å². The van der Waals surface area contributed by atoms with Gasteiger partial charge in [0.05, 0.1) is 0 Å². The standard InChI is InChI=1S/C10H14F4O6/c11-9(12,7(15)16)5-19-3-1-2-4-20-6-10(13,14)8(17)18/h1-6H2,(H,15,16)(H,17,18). The number of unbranched alkanes of at least 4 members (excludes halogenated alkanes) is 1. The van der Waals surface area contributed by atoms with E-state index in [2.05, 4.69) is 9.47 Å². The van der Waals surface area contributed by atoms with Gasteiger partial charge in [-0.15, -0.1) is 0 Å². The van der Waals surface area contributed by atoms with Crippen molar-refractivity contribution in [1.82, 2.24) is 0 Å². The Morgan fingerprint density at radius 1 is 0.800 bits per heavy atom. The molecule has 0 aliphatic carbocycles. The molecule has 0 radical (unpaired) electrons. The third kappa shape index (κ3) is 7.24. The number of carbonyl (C=O) groups is 2. The lowest BCUT2D eigenvalue weighted by Gasteiger charge is -2.12. The third-order valence-electron chi connectivity index (χ3n) is 2.02. The van der Waals surface area contributed by atoms with Crippen molar-refractivity contribution in [2.75, 3.05) is 26.4 Å². The number of ether oxygens (including phenoxy) is 2. The van der Waals surface area contributed by atoms with E-state index in [0.717, 1.165) is 0 Å². The van der Waals surface area contributed by atoms with Crippen LogP contribution in [0.3, 0.4) is 0 Å². The Morgan fingerprint density at radius 3 is 1.35 bits per heavy atom. The van der Waals surface area contributed by atoms with E-state index < -0.39 is 37.0 Å². The van der Waals surface area contributed by atoms with Gasteiger partial charge in [0.1, 0.15) is 13.2 Å². The Balaban J connectivity index is 3.56. The number of hydrogen-bond donors (Lipinski definition) is 2. The van der Waals surface area contributed by atoms with Crippen molar-refractivity contribution in [1.29, 1.82) is 0 Å². The molecule has 0 aromatic rings. The smallest absolute Gasteiger partial charge is 0.377 e. The van der Waals surface area contributed by atoms with E-state index in [1.165, 1.54) is 0 Å². The summed E-state index contributed by atoms with van der Waals surface area (Å²) in [4.78, 5) is 20.0. The van der Waals surface area contributed by atoms with Crippen LogP contribution in [0.2, 0.25) is 0 Å². The first-order chi connectivity index (χ1) is 9.09. The van der Waals surface area contributed by atoms with E-state index in [4.69, 9.17) is 10.2 Å². The van der Waals surface area contributed by atoms with Crippen molar-refractivity contribution < 1.29 is 46.8 Å². The second-order valence-electron chi connectivity index (χ2n) is 3.83. The van der Waals surface area contributed by atoms with Gasteiger partial charge in [0.15, 0.2) is 0 Å². The first-order valence-electron chi connectivity index (χ1n) is 5.47. The summed E-state index contributed by atoms with van der Waals surface area (Å²) in [7, 11) is 0. The summed E-state index contributed by atoms with van der Waals surface area (Å²) in [5.74, 6) is -12.5. The highest BCUT2D eigenvalue weighted by atomic mass is 19.3. The quantitative estimate of drug-likeness (QED) is 0.441. The molecule has 20 heavy (non-hydrogen) atoms. The molecule has 0 aromatic carbocycles. The summed E-state index contributed by atoms with van der Waals surface area (Å²) < 4.78 is 58.8. The molecular formula is C10H14F4O6. The average molecular weight is 306 g/mol. The number of halogens is 4. The van der Waals surface area contributed by atoms with Gasteiger partial charge in [-0.25, -0.2) is 9.59 Å². The van der Waals surface area contributed by atoms with Gasteiger partial charge in [-0.05, 0) is 12.8 Å². The van der Waals surface area contributed by atoms with E-state index in [1.807, 2.05) is 0 Å². The molecule has 0 unspecified atom stereocenters. The fraction of sp³-hybridized carbons (Fsp3) is 0.800. The number of aliphatic carboxylic acids is 2. The van der Waals surface area contributed by atoms with Gasteiger partial charge in [0, 0.05) is 13.2 Å². The number of carboxylic acids is 2. The van der Waals surface area contributed by atoms with Crippen LogP contribution in [-0.2, 0) is 19.1 Å². The Bertz CT molecular complexity index is 302. The molecular weight excluding hydrogens is 292 g/mol. The summed E-state index contributed by atoms with van der Waals surface area (Å²) in [6.45, 7) is -2.94. The van der Waals surface area contributed by atoms with E-state index in [9.17, 15) is 27.2 Å². The topological polar surface area (TPSA) is 93.1 Å². The zero-order valence-electron chi connectivity index (χ0n) is 10.3. The van der Waals surface area contributed by atoms with Gasteiger partial charge in [0.25, 0.3) is 0 Å². The minimum absolute atomic E-state index is 0.175. The molecule has 118 valence electrons. The fourth-order valence-electron chi connectivity index (χ4n) is 0.932. The highest BCUT2D eigenvalue weighted by Gasteiger charge is 2.39. The largest absolute Gasteiger partial charge is 0.477 e. The van der Waals surface area contributed by atoms with Crippen LogP contribution in [0.15, 0.2) is 0 Å². The highest BCUT2D eigenvalue weighted by Crippen LogP contribution is 2.15. The van der Waals surface area contributed by atoms with Crippen LogP contribution in [0.4, 0.5) is 17.6 Å². The maximum absolute atomic E-state index is 12.5. The summed E-state index contributed by atoms with van der Waals surface area (Å²) in [5.41, 5.74) is 0. The number of alkyl halides is 4. The normalized spacial score (nSPS) is 12.4. The maximum Gasteiger partial charge on any atom is 0.377 e. The molecule has 0 aliphatic rings. The monoisotopic (exact) mass is 306 g/mol. The van der Waals surface area contributed by atoms with Crippen molar-refractivity contribution in [2.24, 2.45) is 0 Å². The molecule has 0 fully saturated rings. The van der Waals surface area contributed by atoms with Gasteiger partial charge in [-0.3, -0.25) is 0 Å². The molecule has 0 amide bonds. The predicted molar refractivity (Wildman–Crippen MR) is 56.0 cm³/mol. The van der Waals surface area contributed by atoms with Crippen LogP contribution in [0.5, 0.6) is 0 Å². The Kier molecular flexibility index (Phi) is 7.43. The summed E-state index contributed by atoms with van der Waals surface area (Å²) >= 11 is 0. The lowest BCUT2D eigenvalue weighted by molar-refractivity contribution is -0.174. The first kappa shape index (κ1) is 18.6. The van der Waals surface area contributed by atoms with E-state index >= 15 is 0 Å². The third-order valence-corrected chi connectivity index (χ3v) is 2.02. The molecule has 0 rings (SSSR count). The molecule has 0 aromatic heterocycles. The van der Waals surface area contributed by atoms with Gasteiger partial charge < -0.3 is 19.7 Å². The molecule has 0 saturated carbocycles. The first-order valence-corrected chi connectivity index (χ1v) is 5.47. The van der Waals surface area contributed by atoms with Gasteiger partial charge in [-0.1, -0.05) is 0 Å². The van der Waals surface area contributed by atoms with E-state index in [1.54, 1.807) is 0 Å². The lowest BCUT2D eigenvalue weighted by Crippen LogP contribution is -2.34. The Labute approximate surface area is 111 Å². The molecule has 0 heterocycles. The molecule has 0 aliphatic heterocycles. The highest BCUT2D eigenvalue weighted by molar-refractivity contribution is 5.75. The van der Waals surface area contributed by atoms with Crippen LogP contribution in [0.1, 0.15) is 12.8 Å². The van der Waals surface area contributed by atoms with Crippen LogP contribution < -0.4 is 0 Å². The van der Waals surface area contributed by atoms with Crippen molar-refractivity contribution in [3.05, 3.63) is 0 Å². The van der Waals surface area contributed by atoms with Crippen molar-refractivity contribution >= 4 is 11.9 Å². The summed E-state index contributed by atoms with van der Waals surface area (Å²) in [5, 5.41) is 16.1. The molecule has 0 atom stereocenters.